The number of alkyl halides is 1. The molecule has 0 saturated carbocycles. The molecule has 1 nitrogen and oxygen atoms in total. The molecule has 0 aromatic carbocycles. The average molecular weight is 189 g/mol. The Morgan fingerprint density at radius 3 is 2.50 bits per heavy atom. The SMILES string of the molecule is C=C=C(CCCCl)[C@H](O)C(C)C. The van der Waals surface area contributed by atoms with Crippen molar-refractivity contribution >= 4 is 11.6 Å². The standard InChI is InChI=1S/C10H17ClO/c1-4-9(6-5-7-11)10(12)8(2)3/h8,10,12H,1,5-7H2,2-3H3/t10-/m1/s1. The van der Waals surface area contributed by atoms with Crippen LogP contribution in [0.4, 0.5) is 0 Å². The maximum absolute atomic E-state index is 9.63. The van der Waals surface area contributed by atoms with Crippen LogP contribution in [-0.2, 0) is 0 Å². The van der Waals surface area contributed by atoms with Crippen molar-refractivity contribution in [1.82, 2.24) is 0 Å². The van der Waals surface area contributed by atoms with Crippen molar-refractivity contribution in [2.24, 2.45) is 5.92 Å². The highest BCUT2D eigenvalue weighted by Crippen LogP contribution is 2.15. The third-order valence-corrected chi connectivity index (χ3v) is 2.06. The van der Waals surface area contributed by atoms with Crippen LogP contribution in [0.2, 0.25) is 0 Å². The summed E-state index contributed by atoms with van der Waals surface area (Å²) < 4.78 is 0. The molecular weight excluding hydrogens is 172 g/mol. The minimum absolute atomic E-state index is 0.226. The lowest BCUT2D eigenvalue weighted by Crippen LogP contribution is -2.17. The summed E-state index contributed by atoms with van der Waals surface area (Å²) in [4.78, 5) is 0. The molecule has 0 aromatic heterocycles. The fourth-order valence-electron chi connectivity index (χ4n) is 1.00. The second-order valence-electron chi connectivity index (χ2n) is 3.18. The van der Waals surface area contributed by atoms with Gasteiger partial charge < -0.3 is 5.11 Å². The quantitative estimate of drug-likeness (QED) is 0.520. The average Bonchev–Trinajstić information content (AvgIpc) is 2.05. The first-order valence-electron chi connectivity index (χ1n) is 4.26. The number of hydrogen-bond donors (Lipinski definition) is 1. The molecule has 12 heavy (non-hydrogen) atoms. The zero-order valence-electron chi connectivity index (χ0n) is 7.81. The molecule has 0 radical (unpaired) electrons. The number of halogens is 1. The summed E-state index contributed by atoms with van der Waals surface area (Å²) in [5, 5.41) is 9.63. The van der Waals surface area contributed by atoms with E-state index >= 15 is 0 Å². The normalized spacial score (nSPS) is 12.8. The summed E-state index contributed by atoms with van der Waals surface area (Å²) in [7, 11) is 0. The molecule has 0 aromatic rings. The largest absolute Gasteiger partial charge is 0.388 e. The Kier molecular flexibility index (Phi) is 6.18. The molecule has 1 atom stereocenters. The van der Waals surface area contributed by atoms with Gasteiger partial charge in [0.05, 0.1) is 6.10 Å². The van der Waals surface area contributed by atoms with Gasteiger partial charge in [0.25, 0.3) is 0 Å². The molecule has 0 rings (SSSR count). The van der Waals surface area contributed by atoms with Crippen LogP contribution in [0.15, 0.2) is 17.9 Å². The van der Waals surface area contributed by atoms with E-state index in [-0.39, 0.29) is 5.92 Å². The summed E-state index contributed by atoms with van der Waals surface area (Å²) in [6.07, 6.45) is 1.26. The zero-order chi connectivity index (χ0) is 9.56. The first-order valence-corrected chi connectivity index (χ1v) is 4.79. The molecule has 0 aliphatic rings. The van der Waals surface area contributed by atoms with Crippen molar-refractivity contribution in [2.45, 2.75) is 32.8 Å². The van der Waals surface area contributed by atoms with Gasteiger partial charge in [-0.25, -0.2) is 0 Å². The van der Waals surface area contributed by atoms with Crippen molar-refractivity contribution < 1.29 is 5.11 Å². The first kappa shape index (κ1) is 11.8. The van der Waals surface area contributed by atoms with Gasteiger partial charge >= 0.3 is 0 Å². The Hall–Kier alpha value is -0.230. The predicted molar refractivity (Wildman–Crippen MR) is 53.5 cm³/mol. The Balaban J connectivity index is 4.08. The van der Waals surface area contributed by atoms with Crippen molar-refractivity contribution in [3.8, 4) is 0 Å². The molecular formula is C10H17ClO. The van der Waals surface area contributed by atoms with Crippen LogP contribution in [0.3, 0.4) is 0 Å². The third kappa shape index (κ3) is 3.96. The minimum Gasteiger partial charge on any atom is -0.388 e. The molecule has 0 heterocycles. The maximum Gasteiger partial charge on any atom is 0.0846 e. The lowest BCUT2D eigenvalue weighted by Gasteiger charge is -2.16. The maximum atomic E-state index is 9.63. The fraction of sp³-hybridized carbons (Fsp3) is 0.700. The smallest absolute Gasteiger partial charge is 0.0846 e. The lowest BCUT2D eigenvalue weighted by atomic mass is 9.97. The second-order valence-corrected chi connectivity index (χ2v) is 3.56. The van der Waals surface area contributed by atoms with E-state index in [9.17, 15) is 5.11 Å². The van der Waals surface area contributed by atoms with E-state index < -0.39 is 6.10 Å². The van der Waals surface area contributed by atoms with Gasteiger partial charge in [0, 0.05) is 5.88 Å². The highest BCUT2D eigenvalue weighted by atomic mass is 35.5. The van der Waals surface area contributed by atoms with Crippen LogP contribution >= 0.6 is 11.6 Å². The summed E-state index contributed by atoms with van der Waals surface area (Å²) in [5.74, 6) is 0.847. The van der Waals surface area contributed by atoms with Gasteiger partial charge in [0.2, 0.25) is 0 Å². The van der Waals surface area contributed by atoms with Crippen LogP contribution in [0.1, 0.15) is 26.7 Å². The van der Waals surface area contributed by atoms with E-state index in [1.165, 1.54) is 0 Å². The molecule has 0 saturated heterocycles. The van der Waals surface area contributed by atoms with E-state index in [2.05, 4.69) is 12.3 Å². The predicted octanol–water partition coefficient (Wildman–Crippen LogP) is 2.73. The van der Waals surface area contributed by atoms with Gasteiger partial charge in [-0.2, -0.15) is 0 Å². The second kappa shape index (κ2) is 6.30. The van der Waals surface area contributed by atoms with Gasteiger partial charge in [-0.3, -0.25) is 0 Å². The topological polar surface area (TPSA) is 20.2 Å². The Morgan fingerprint density at radius 2 is 2.17 bits per heavy atom. The summed E-state index contributed by atoms with van der Waals surface area (Å²) >= 11 is 5.54. The van der Waals surface area contributed by atoms with Crippen LogP contribution in [0, 0.1) is 5.92 Å². The third-order valence-electron chi connectivity index (χ3n) is 1.80. The summed E-state index contributed by atoms with van der Waals surface area (Å²) in [6.45, 7) is 7.50. The van der Waals surface area contributed by atoms with E-state index in [0.717, 1.165) is 18.4 Å². The van der Waals surface area contributed by atoms with E-state index in [1.54, 1.807) is 0 Å². The minimum atomic E-state index is -0.411. The van der Waals surface area contributed by atoms with Crippen LogP contribution in [0.25, 0.3) is 0 Å². The van der Waals surface area contributed by atoms with E-state index in [1.807, 2.05) is 13.8 Å². The Labute approximate surface area is 79.7 Å². The summed E-state index contributed by atoms with van der Waals surface area (Å²) in [5.41, 5.74) is 3.66. The van der Waals surface area contributed by atoms with Crippen LogP contribution < -0.4 is 0 Å². The molecule has 0 unspecified atom stereocenters. The number of rotatable bonds is 5. The highest BCUT2D eigenvalue weighted by Gasteiger charge is 2.13. The summed E-state index contributed by atoms with van der Waals surface area (Å²) in [6, 6.07) is 0. The number of aliphatic hydroxyl groups excluding tert-OH is 1. The van der Waals surface area contributed by atoms with Crippen molar-refractivity contribution in [1.29, 1.82) is 0 Å². The van der Waals surface area contributed by atoms with Crippen LogP contribution in [0.5, 0.6) is 0 Å². The molecule has 1 N–H and O–H groups in total. The molecule has 2 heteroatoms. The molecule has 70 valence electrons. The Morgan fingerprint density at radius 1 is 1.58 bits per heavy atom. The first-order chi connectivity index (χ1) is 5.63. The fourth-order valence-corrected chi connectivity index (χ4v) is 1.13. The van der Waals surface area contributed by atoms with Gasteiger partial charge in [0.15, 0.2) is 0 Å². The molecule has 0 fully saturated rings. The van der Waals surface area contributed by atoms with Gasteiger partial charge in [-0.15, -0.1) is 17.3 Å². The number of aliphatic hydroxyl groups is 1. The monoisotopic (exact) mass is 188 g/mol. The van der Waals surface area contributed by atoms with Gasteiger partial charge in [-0.1, -0.05) is 20.4 Å². The Bertz CT molecular complexity index is 169. The number of hydrogen-bond acceptors (Lipinski definition) is 1. The van der Waals surface area contributed by atoms with Crippen molar-refractivity contribution in [3.63, 3.8) is 0 Å². The molecule has 0 aliphatic heterocycles. The molecule has 0 spiro atoms. The van der Waals surface area contributed by atoms with Gasteiger partial charge in [0.1, 0.15) is 0 Å². The van der Waals surface area contributed by atoms with Gasteiger partial charge in [-0.05, 0) is 24.3 Å². The zero-order valence-corrected chi connectivity index (χ0v) is 8.56. The molecule has 0 aliphatic carbocycles. The van der Waals surface area contributed by atoms with E-state index in [4.69, 9.17) is 11.6 Å². The highest BCUT2D eigenvalue weighted by molar-refractivity contribution is 6.17. The van der Waals surface area contributed by atoms with E-state index in [0.29, 0.717) is 5.88 Å². The van der Waals surface area contributed by atoms with Crippen molar-refractivity contribution in [2.75, 3.05) is 5.88 Å². The lowest BCUT2D eigenvalue weighted by molar-refractivity contribution is 0.156. The van der Waals surface area contributed by atoms with Crippen LogP contribution in [-0.4, -0.2) is 17.1 Å². The van der Waals surface area contributed by atoms with Crippen molar-refractivity contribution in [3.05, 3.63) is 17.9 Å². The molecule has 0 amide bonds. The molecule has 0 bridgehead atoms.